The van der Waals surface area contributed by atoms with Crippen LogP contribution in [-0.2, 0) is 0 Å². The number of aryl methyl sites for hydroxylation is 2. The second kappa shape index (κ2) is 5.48. The minimum absolute atomic E-state index is 0.0627. The first-order chi connectivity index (χ1) is 9.49. The largest absolute Gasteiger partial charge is 0.478 e. The number of carbonyl (C=O) groups excluding carboxylic acids is 1. The highest BCUT2D eigenvalue weighted by Crippen LogP contribution is 2.23. The van der Waals surface area contributed by atoms with Crippen molar-refractivity contribution in [2.24, 2.45) is 0 Å². The molecule has 2 rings (SSSR count). The highest BCUT2D eigenvalue weighted by Gasteiger charge is 2.16. The van der Waals surface area contributed by atoms with Gasteiger partial charge in [-0.3, -0.25) is 4.79 Å². The summed E-state index contributed by atoms with van der Waals surface area (Å²) < 4.78 is 0. The van der Waals surface area contributed by atoms with E-state index in [4.69, 9.17) is 0 Å². The van der Waals surface area contributed by atoms with E-state index < -0.39 is 11.9 Å². The van der Waals surface area contributed by atoms with Gasteiger partial charge in [-0.25, -0.2) is 14.8 Å². The van der Waals surface area contributed by atoms with Gasteiger partial charge in [0, 0.05) is 12.4 Å². The molecule has 0 aliphatic heterocycles. The van der Waals surface area contributed by atoms with Gasteiger partial charge in [0.25, 0.3) is 5.91 Å². The number of carbonyl (C=O) groups is 2. The molecule has 2 aromatic rings. The van der Waals surface area contributed by atoms with E-state index in [1.54, 1.807) is 13.8 Å². The molecule has 0 aliphatic carbocycles. The minimum Gasteiger partial charge on any atom is -0.478 e. The van der Waals surface area contributed by atoms with Crippen molar-refractivity contribution >= 4 is 17.6 Å². The third kappa shape index (κ3) is 2.80. The van der Waals surface area contributed by atoms with E-state index in [2.05, 4.69) is 15.3 Å². The summed E-state index contributed by atoms with van der Waals surface area (Å²) in [5.74, 6) is -1.53. The van der Waals surface area contributed by atoms with Gasteiger partial charge in [0.1, 0.15) is 6.33 Å². The van der Waals surface area contributed by atoms with E-state index in [0.717, 1.165) is 5.56 Å². The van der Waals surface area contributed by atoms with Gasteiger partial charge in [0.05, 0.1) is 16.8 Å². The molecule has 0 saturated carbocycles. The zero-order valence-electron chi connectivity index (χ0n) is 11.0. The molecule has 0 radical (unpaired) electrons. The number of nitrogens with zero attached hydrogens (tertiary/aromatic N) is 2. The lowest BCUT2D eigenvalue weighted by molar-refractivity contribution is 0.0698. The number of rotatable bonds is 3. The second-order valence-corrected chi connectivity index (χ2v) is 4.39. The summed E-state index contributed by atoms with van der Waals surface area (Å²) in [7, 11) is 0. The molecule has 6 heteroatoms. The maximum Gasteiger partial charge on any atom is 0.337 e. The van der Waals surface area contributed by atoms with Crippen LogP contribution in [-0.4, -0.2) is 27.0 Å². The van der Waals surface area contributed by atoms with Crippen LogP contribution in [0.2, 0.25) is 0 Å². The number of carboxylic acids is 1. The van der Waals surface area contributed by atoms with Crippen LogP contribution in [0.25, 0.3) is 0 Å². The van der Waals surface area contributed by atoms with Crippen molar-refractivity contribution in [1.82, 2.24) is 9.97 Å². The van der Waals surface area contributed by atoms with E-state index >= 15 is 0 Å². The molecule has 0 bridgehead atoms. The molecule has 0 spiro atoms. The molecule has 1 aromatic carbocycles. The van der Waals surface area contributed by atoms with Gasteiger partial charge in [-0.1, -0.05) is 6.07 Å². The predicted molar refractivity (Wildman–Crippen MR) is 72.9 cm³/mol. The topological polar surface area (TPSA) is 92.2 Å². The standard InChI is InChI=1S/C14H13N3O3/c1-8-3-9(2)12(11(4-8)14(19)20)17-13(18)10-5-15-7-16-6-10/h3-7H,1-2H3,(H,17,18)(H,19,20). The number of aromatic nitrogens is 2. The Morgan fingerprint density at radius 1 is 1.15 bits per heavy atom. The quantitative estimate of drug-likeness (QED) is 0.891. The van der Waals surface area contributed by atoms with Crippen molar-refractivity contribution in [2.75, 3.05) is 5.32 Å². The van der Waals surface area contributed by atoms with Gasteiger partial charge in [-0.05, 0) is 31.0 Å². The molecule has 102 valence electrons. The Morgan fingerprint density at radius 2 is 1.80 bits per heavy atom. The number of amides is 1. The summed E-state index contributed by atoms with van der Waals surface area (Å²) in [6, 6.07) is 3.33. The smallest absolute Gasteiger partial charge is 0.337 e. The molecule has 1 aromatic heterocycles. The van der Waals surface area contributed by atoms with Gasteiger partial charge < -0.3 is 10.4 Å². The fraction of sp³-hybridized carbons (Fsp3) is 0.143. The van der Waals surface area contributed by atoms with Crippen LogP contribution in [0.5, 0.6) is 0 Å². The minimum atomic E-state index is -1.09. The fourth-order valence-electron chi connectivity index (χ4n) is 1.90. The van der Waals surface area contributed by atoms with Crippen LogP contribution < -0.4 is 5.32 Å². The van der Waals surface area contributed by atoms with Crippen molar-refractivity contribution in [2.45, 2.75) is 13.8 Å². The summed E-state index contributed by atoms with van der Waals surface area (Å²) in [4.78, 5) is 30.8. The zero-order chi connectivity index (χ0) is 14.7. The Balaban J connectivity index is 2.39. The number of nitrogens with one attached hydrogen (secondary N) is 1. The Hall–Kier alpha value is -2.76. The van der Waals surface area contributed by atoms with Crippen LogP contribution in [0, 0.1) is 13.8 Å². The molecule has 0 unspecified atom stereocenters. The van der Waals surface area contributed by atoms with E-state index in [1.807, 2.05) is 6.07 Å². The van der Waals surface area contributed by atoms with Crippen LogP contribution >= 0.6 is 0 Å². The first-order valence-electron chi connectivity index (χ1n) is 5.90. The summed E-state index contributed by atoms with van der Waals surface area (Å²) in [5, 5.41) is 11.8. The normalized spacial score (nSPS) is 10.1. The Bertz CT molecular complexity index is 669. The summed E-state index contributed by atoms with van der Waals surface area (Å²) in [5.41, 5.74) is 2.13. The van der Waals surface area contributed by atoms with Crippen LogP contribution in [0.3, 0.4) is 0 Å². The Labute approximate surface area is 115 Å². The predicted octanol–water partition coefficient (Wildman–Crippen LogP) is 2.04. The van der Waals surface area contributed by atoms with Gasteiger partial charge in [0.2, 0.25) is 0 Å². The number of benzene rings is 1. The highest BCUT2D eigenvalue weighted by molar-refractivity contribution is 6.08. The second-order valence-electron chi connectivity index (χ2n) is 4.39. The number of carboxylic acid groups (broad SMARTS) is 1. The Morgan fingerprint density at radius 3 is 2.40 bits per heavy atom. The van der Waals surface area contributed by atoms with Gasteiger partial charge in [-0.2, -0.15) is 0 Å². The summed E-state index contributed by atoms with van der Waals surface area (Å²) in [6.45, 7) is 3.55. The Kier molecular flexibility index (Phi) is 3.74. The van der Waals surface area contributed by atoms with Crippen LogP contribution in [0.15, 0.2) is 30.9 Å². The molecule has 1 amide bonds. The zero-order valence-corrected chi connectivity index (χ0v) is 11.0. The van der Waals surface area contributed by atoms with E-state index in [9.17, 15) is 14.7 Å². The lowest BCUT2D eigenvalue weighted by atomic mass is 10.0. The SMILES string of the molecule is Cc1cc(C)c(NC(=O)c2cncnc2)c(C(=O)O)c1. The number of hydrogen-bond acceptors (Lipinski definition) is 4. The van der Waals surface area contributed by atoms with Crippen molar-refractivity contribution in [3.63, 3.8) is 0 Å². The first-order valence-corrected chi connectivity index (χ1v) is 5.90. The van der Waals surface area contributed by atoms with Gasteiger partial charge in [-0.15, -0.1) is 0 Å². The molecule has 0 atom stereocenters. The van der Waals surface area contributed by atoms with Crippen molar-refractivity contribution < 1.29 is 14.7 Å². The lowest BCUT2D eigenvalue weighted by Crippen LogP contribution is -2.16. The molecular formula is C14H13N3O3. The first kappa shape index (κ1) is 13.7. The molecule has 0 saturated heterocycles. The summed E-state index contributed by atoms with van der Waals surface area (Å²) in [6.07, 6.45) is 4.05. The molecule has 6 nitrogen and oxygen atoms in total. The van der Waals surface area contributed by atoms with E-state index in [0.29, 0.717) is 5.56 Å². The monoisotopic (exact) mass is 271 g/mol. The number of aromatic carboxylic acids is 1. The number of hydrogen-bond donors (Lipinski definition) is 2. The lowest BCUT2D eigenvalue weighted by Gasteiger charge is -2.12. The maximum absolute atomic E-state index is 12.0. The molecule has 20 heavy (non-hydrogen) atoms. The molecule has 2 N–H and O–H groups in total. The van der Waals surface area contributed by atoms with Crippen LogP contribution in [0.1, 0.15) is 31.8 Å². The van der Waals surface area contributed by atoms with Crippen molar-refractivity contribution in [3.8, 4) is 0 Å². The third-order valence-electron chi connectivity index (χ3n) is 2.77. The average molecular weight is 271 g/mol. The third-order valence-corrected chi connectivity index (χ3v) is 2.77. The van der Waals surface area contributed by atoms with Gasteiger partial charge >= 0.3 is 5.97 Å². The fourth-order valence-corrected chi connectivity index (χ4v) is 1.90. The van der Waals surface area contributed by atoms with Crippen LogP contribution in [0.4, 0.5) is 5.69 Å². The van der Waals surface area contributed by atoms with E-state index in [-0.39, 0.29) is 16.8 Å². The molecule has 0 aliphatic rings. The number of anilines is 1. The molecular weight excluding hydrogens is 258 g/mol. The van der Waals surface area contributed by atoms with Gasteiger partial charge in [0.15, 0.2) is 0 Å². The van der Waals surface area contributed by atoms with Crippen molar-refractivity contribution in [1.29, 1.82) is 0 Å². The maximum atomic E-state index is 12.0. The highest BCUT2D eigenvalue weighted by atomic mass is 16.4. The summed E-state index contributed by atoms with van der Waals surface area (Å²) >= 11 is 0. The van der Waals surface area contributed by atoms with Crippen molar-refractivity contribution in [3.05, 3.63) is 53.1 Å². The molecule has 0 fully saturated rings. The molecule has 1 heterocycles. The average Bonchev–Trinajstić information content (AvgIpc) is 2.42. The van der Waals surface area contributed by atoms with E-state index in [1.165, 1.54) is 24.8 Å².